The van der Waals surface area contributed by atoms with Gasteiger partial charge >= 0.3 is 0 Å². The molecule has 0 bridgehead atoms. The monoisotopic (exact) mass is 358 g/mol. The Labute approximate surface area is 161 Å². The van der Waals surface area contributed by atoms with Crippen molar-refractivity contribution in [2.45, 2.75) is 19.6 Å². The highest BCUT2D eigenvalue weighted by molar-refractivity contribution is 5.69. The van der Waals surface area contributed by atoms with Crippen molar-refractivity contribution in [2.24, 2.45) is 0 Å². The largest absolute Gasteiger partial charge is 0.487 e. The van der Waals surface area contributed by atoms with E-state index in [0.29, 0.717) is 6.61 Å². The standard InChI is InChI=1S/C24H26N2O/c1-4-10-21(11-5-1)20-27-24-19-26(17-16-25-14-8-3-9-15-25)18-23(24)22-12-6-2-7-13-22/h1-8,10-13,18-19H,9,14-17,20H2. The van der Waals surface area contributed by atoms with Crippen LogP contribution in [0.2, 0.25) is 0 Å². The summed E-state index contributed by atoms with van der Waals surface area (Å²) in [5, 5.41) is 0. The van der Waals surface area contributed by atoms with Crippen LogP contribution in [0.1, 0.15) is 12.0 Å². The minimum atomic E-state index is 0.585. The fraction of sp³-hybridized carbons (Fsp3) is 0.250. The minimum Gasteiger partial charge on any atom is -0.487 e. The molecule has 3 heteroatoms. The molecule has 2 aromatic carbocycles. The van der Waals surface area contributed by atoms with Crippen LogP contribution in [0.3, 0.4) is 0 Å². The Morgan fingerprint density at radius 1 is 0.815 bits per heavy atom. The molecule has 0 radical (unpaired) electrons. The third kappa shape index (κ3) is 4.69. The molecule has 4 rings (SSSR count). The lowest BCUT2D eigenvalue weighted by atomic mass is 10.1. The van der Waals surface area contributed by atoms with Gasteiger partial charge in [0.05, 0.1) is 0 Å². The number of rotatable bonds is 7. The van der Waals surface area contributed by atoms with Gasteiger partial charge in [-0.3, -0.25) is 4.90 Å². The molecule has 1 aliphatic heterocycles. The third-order valence-electron chi connectivity index (χ3n) is 4.98. The molecular weight excluding hydrogens is 332 g/mol. The van der Waals surface area contributed by atoms with Crippen LogP contribution in [0.4, 0.5) is 0 Å². The maximum Gasteiger partial charge on any atom is 0.145 e. The molecule has 1 aliphatic rings. The fourth-order valence-corrected chi connectivity index (χ4v) is 3.45. The molecule has 0 aliphatic carbocycles. The summed E-state index contributed by atoms with van der Waals surface area (Å²) >= 11 is 0. The molecule has 0 fully saturated rings. The Kier molecular flexibility index (Phi) is 5.70. The highest BCUT2D eigenvalue weighted by Crippen LogP contribution is 2.31. The Hall–Kier alpha value is -2.78. The van der Waals surface area contributed by atoms with Crippen LogP contribution in [0.5, 0.6) is 5.75 Å². The molecule has 0 saturated heterocycles. The average Bonchev–Trinajstić information content (AvgIpc) is 3.16. The lowest BCUT2D eigenvalue weighted by Crippen LogP contribution is -2.30. The first-order valence-corrected chi connectivity index (χ1v) is 9.68. The van der Waals surface area contributed by atoms with Gasteiger partial charge in [-0.25, -0.2) is 0 Å². The van der Waals surface area contributed by atoms with E-state index in [2.05, 4.69) is 88.6 Å². The molecule has 138 valence electrons. The van der Waals surface area contributed by atoms with Crippen molar-refractivity contribution in [3.8, 4) is 16.9 Å². The van der Waals surface area contributed by atoms with Gasteiger partial charge in [0, 0.05) is 44.1 Å². The van der Waals surface area contributed by atoms with Crippen molar-refractivity contribution in [3.63, 3.8) is 0 Å². The van der Waals surface area contributed by atoms with Crippen molar-refractivity contribution in [3.05, 3.63) is 90.8 Å². The number of nitrogens with zero attached hydrogens (tertiary/aromatic N) is 2. The highest BCUT2D eigenvalue weighted by Gasteiger charge is 2.12. The summed E-state index contributed by atoms with van der Waals surface area (Å²) in [7, 11) is 0. The van der Waals surface area contributed by atoms with Crippen LogP contribution in [0.25, 0.3) is 11.1 Å². The Bertz CT molecular complexity index is 868. The highest BCUT2D eigenvalue weighted by atomic mass is 16.5. The predicted octanol–water partition coefficient (Wildman–Crippen LogP) is 5.00. The number of benzene rings is 2. The van der Waals surface area contributed by atoms with E-state index in [1.807, 2.05) is 6.07 Å². The van der Waals surface area contributed by atoms with E-state index in [4.69, 9.17) is 4.74 Å². The van der Waals surface area contributed by atoms with Crippen molar-refractivity contribution >= 4 is 0 Å². The SMILES string of the molecule is C1=CCN(CCn2cc(OCc3ccccc3)c(-c3ccccc3)c2)CC1. The predicted molar refractivity (Wildman–Crippen MR) is 111 cm³/mol. The van der Waals surface area contributed by atoms with Gasteiger partial charge < -0.3 is 9.30 Å². The molecule has 1 aromatic heterocycles. The van der Waals surface area contributed by atoms with Crippen molar-refractivity contribution in [2.75, 3.05) is 19.6 Å². The Balaban J connectivity index is 1.50. The maximum atomic E-state index is 6.20. The Morgan fingerprint density at radius 2 is 1.59 bits per heavy atom. The van der Waals surface area contributed by atoms with Crippen molar-refractivity contribution in [1.82, 2.24) is 9.47 Å². The first-order valence-electron chi connectivity index (χ1n) is 9.68. The molecule has 0 spiro atoms. The summed E-state index contributed by atoms with van der Waals surface area (Å²) in [5.74, 6) is 0.948. The number of hydrogen-bond acceptors (Lipinski definition) is 2. The second-order valence-corrected chi connectivity index (χ2v) is 6.97. The molecule has 2 heterocycles. The van der Waals surface area contributed by atoms with Gasteiger partial charge in [-0.05, 0) is 17.5 Å². The van der Waals surface area contributed by atoms with E-state index in [9.17, 15) is 0 Å². The zero-order valence-electron chi connectivity index (χ0n) is 15.6. The van der Waals surface area contributed by atoms with Crippen LogP contribution in [-0.4, -0.2) is 29.1 Å². The van der Waals surface area contributed by atoms with E-state index in [1.54, 1.807) is 0 Å². The minimum absolute atomic E-state index is 0.585. The van der Waals surface area contributed by atoms with Gasteiger partial charge in [0.25, 0.3) is 0 Å². The summed E-state index contributed by atoms with van der Waals surface area (Å²) in [6.07, 6.45) is 10.1. The van der Waals surface area contributed by atoms with E-state index in [-0.39, 0.29) is 0 Å². The first-order chi connectivity index (χ1) is 13.4. The number of aromatic nitrogens is 1. The average molecular weight is 358 g/mol. The summed E-state index contributed by atoms with van der Waals surface area (Å²) in [5.41, 5.74) is 3.54. The van der Waals surface area contributed by atoms with E-state index in [0.717, 1.165) is 43.9 Å². The zero-order valence-corrected chi connectivity index (χ0v) is 15.6. The zero-order chi connectivity index (χ0) is 18.3. The van der Waals surface area contributed by atoms with Crippen LogP contribution >= 0.6 is 0 Å². The van der Waals surface area contributed by atoms with Crippen molar-refractivity contribution < 1.29 is 4.74 Å². The first kappa shape index (κ1) is 17.6. The summed E-state index contributed by atoms with van der Waals surface area (Å²) in [6.45, 7) is 4.83. The normalized spacial score (nSPS) is 14.4. The van der Waals surface area contributed by atoms with Crippen LogP contribution in [0.15, 0.2) is 85.2 Å². The molecule has 27 heavy (non-hydrogen) atoms. The second-order valence-electron chi connectivity index (χ2n) is 6.97. The number of ether oxygens (including phenoxy) is 1. The van der Waals surface area contributed by atoms with E-state index >= 15 is 0 Å². The second kappa shape index (κ2) is 8.74. The molecular formula is C24H26N2O. The molecule has 0 amide bonds. The lowest BCUT2D eigenvalue weighted by Gasteiger charge is -2.22. The van der Waals surface area contributed by atoms with Crippen LogP contribution < -0.4 is 4.74 Å². The van der Waals surface area contributed by atoms with Gasteiger partial charge in [-0.1, -0.05) is 72.8 Å². The van der Waals surface area contributed by atoms with Crippen molar-refractivity contribution in [1.29, 1.82) is 0 Å². The van der Waals surface area contributed by atoms with E-state index in [1.165, 1.54) is 11.1 Å². The van der Waals surface area contributed by atoms with Gasteiger partial charge in [-0.15, -0.1) is 0 Å². The molecule has 3 nitrogen and oxygen atoms in total. The van der Waals surface area contributed by atoms with Gasteiger partial charge in [0.15, 0.2) is 0 Å². The van der Waals surface area contributed by atoms with E-state index < -0.39 is 0 Å². The molecule has 3 aromatic rings. The maximum absolute atomic E-state index is 6.20. The molecule has 0 atom stereocenters. The lowest BCUT2D eigenvalue weighted by molar-refractivity contribution is 0.284. The van der Waals surface area contributed by atoms with Crippen LogP contribution in [0, 0.1) is 0 Å². The molecule has 0 unspecified atom stereocenters. The fourth-order valence-electron chi connectivity index (χ4n) is 3.45. The quantitative estimate of drug-likeness (QED) is 0.553. The topological polar surface area (TPSA) is 17.4 Å². The number of hydrogen-bond donors (Lipinski definition) is 0. The third-order valence-corrected chi connectivity index (χ3v) is 4.98. The summed E-state index contributed by atoms with van der Waals surface area (Å²) < 4.78 is 8.47. The Morgan fingerprint density at radius 3 is 2.33 bits per heavy atom. The van der Waals surface area contributed by atoms with Gasteiger partial charge in [0.1, 0.15) is 12.4 Å². The van der Waals surface area contributed by atoms with Gasteiger partial charge in [-0.2, -0.15) is 0 Å². The van der Waals surface area contributed by atoms with Crippen LogP contribution in [-0.2, 0) is 13.2 Å². The molecule has 0 saturated carbocycles. The summed E-state index contributed by atoms with van der Waals surface area (Å²) in [6, 6.07) is 20.8. The molecule has 0 N–H and O–H groups in total. The smallest absolute Gasteiger partial charge is 0.145 e. The summed E-state index contributed by atoms with van der Waals surface area (Å²) in [4.78, 5) is 2.49. The van der Waals surface area contributed by atoms with Gasteiger partial charge in [0.2, 0.25) is 0 Å².